The van der Waals surface area contributed by atoms with Crippen LogP contribution in [0, 0.1) is 0 Å². The Kier molecular flexibility index (Phi) is 2.96. The molecule has 0 aromatic carbocycles. The first kappa shape index (κ1) is 12.1. The van der Waals surface area contributed by atoms with Crippen molar-refractivity contribution in [3.05, 3.63) is 23.9 Å². The van der Waals surface area contributed by atoms with Crippen LogP contribution in [0.25, 0.3) is 0 Å². The van der Waals surface area contributed by atoms with Crippen molar-refractivity contribution < 1.29 is 23.4 Å². The smallest absolute Gasteiger partial charge is 0.389 e. The van der Waals surface area contributed by atoms with Crippen LogP contribution >= 0.6 is 0 Å². The average Bonchev–Trinajstić information content (AvgIpc) is 2.58. The van der Waals surface area contributed by atoms with E-state index in [4.69, 9.17) is 0 Å². The Labute approximate surface area is 95.3 Å². The third kappa shape index (κ3) is 2.34. The number of aliphatic hydroxyl groups excluding tert-OH is 2. The summed E-state index contributed by atoms with van der Waals surface area (Å²) in [6.07, 6.45) is -5.33. The van der Waals surface area contributed by atoms with Crippen LogP contribution in [0.15, 0.2) is 18.3 Å². The van der Waals surface area contributed by atoms with E-state index in [1.54, 1.807) is 0 Å². The maximum Gasteiger partial charge on any atom is 0.419 e. The van der Waals surface area contributed by atoms with Gasteiger partial charge in [-0.15, -0.1) is 0 Å². The second-order valence-electron chi connectivity index (χ2n) is 3.91. The highest BCUT2D eigenvalue weighted by Crippen LogP contribution is 2.36. The van der Waals surface area contributed by atoms with Crippen LogP contribution in [0.5, 0.6) is 0 Å². The Hall–Kier alpha value is -1.34. The van der Waals surface area contributed by atoms with Crippen molar-refractivity contribution in [3.8, 4) is 0 Å². The minimum Gasteiger partial charge on any atom is -0.389 e. The molecule has 1 aliphatic heterocycles. The SMILES string of the molecule is OC1CN(c2ncccc2C(F)(F)F)CC1O. The largest absolute Gasteiger partial charge is 0.419 e. The van der Waals surface area contributed by atoms with Crippen molar-refractivity contribution in [2.75, 3.05) is 18.0 Å². The summed E-state index contributed by atoms with van der Waals surface area (Å²) < 4.78 is 38.1. The molecular weight excluding hydrogens is 237 g/mol. The lowest BCUT2D eigenvalue weighted by molar-refractivity contribution is -0.137. The first-order chi connectivity index (χ1) is 7.89. The van der Waals surface area contributed by atoms with E-state index < -0.39 is 23.9 Å². The maximum absolute atomic E-state index is 12.7. The van der Waals surface area contributed by atoms with Gasteiger partial charge in [-0.05, 0) is 12.1 Å². The number of halogens is 3. The zero-order valence-electron chi connectivity index (χ0n) is 8.72. The molecule has 2 rings (SSSR count). The van der Waals surface area contributed by atoms with E-state index in [1.807, 2.05) is 0 Å². The van der Waals surface area contributed by atoms with Gasteiger partial charge in [-0.3, -0.25) is 0 Å². The molecule has 0 amide bonds. The van der Waals surface area contributed by atoms with Gasteiger partial charge in [0.2, 0.25) is 0 Å². The Bertz CT molecular complexity index is 401. The predicted octanol–water partition coefficient (Wildman–Crippen LogP) is 0.642. The van der Waals surface area contributed by atoms with Gasteiger partial charge < -0.3 is 15.1 Å². The summed E-state index contributed by atoms with van der Waals surface area (Å²) in [5.41, 5.74) is -0.860. The number of hydrogen-bond acceptors (Lipinski definition) is 4. The fourth-order valence-corrected chi connectivity index (χ4v) is 1.81. The average molecular weight is 248 g/mol. The summed E-state index contributed by atoms with van der Waals surface area (Å²) in [4.78, 5) is 4.91. The predicted molar refractivity (Wildman–Crippen MR) is 53.5 cm³/mol. The quantitative estimate of drug-likeness (QED) is 0.766. The zero-order valence-corrected chi connectivity index (χ0v) is 8.72. The molecular formula is C10H11F3N2O2. The molecule has 1 aromatic heterocycles. The molecule has 1 saturated heterocycles. The third-order valence-electron chi connectivity index (χ3n) is 2.65. The minimum absolute atomic E-state index is 0.0543. The number of β-amino-alcohol motifs (C(OH)–C–C–N with tert-alkyl or cyclic N) is 2. The van der Waals surface area contributed by atoms with Gasteiger partial charge in [0, 0.05) is 19.3 Å². The van der Waals surface area contributed by atoms with E-state index in [0.717, 1.165) is 6.07 Å². The molecule has 0 spiro atoms. The maximum atomic E-state index is 12.7. The Morgan fingerprint density at radius 3 is 2.35 bits per heavy atom. The van der Waals surface area contributed by atoms with Crippen molar-refractivity contribution in [2.24, 2.45) is 0 Å². The van der Waals surface area contributed by atoms with Crippen molar-refractivity contribution in [1.29, 1.82) is 0 Å². The number of pyridine rings is 1. The van der Waals surface area contributed by atoms with Crippen LogP contribution in [0.2, 0.25) is 0 Å². The number of alkyl halides is 3. The highest BCUT2D eigenvalue weighted by atomic mass is 19.4. The first-order valence-corrected chi connectivity index (χ1v) is 5.03. The standard InChI is InChI=1S/C10H11F3N2O2/c11-10(12,13)6-2-1-3-14-9(6)15-4-7(16)8(17)5-15/h1-3,7-8,16-17H,4-5H2. The highest BCUT2D eigenvalue weighted by Gasteiger charge is 2.38. The minimum atomic E-state index is -4.50. The molecule has 2 heterocycles. The highest BCUT2D eigenvalue weighted by molar-refractivity contribution is 5.49. The number of rotatable bonds is 1. The van der Waals surface area contributed by atoms with Crippen LogP contribution in [-0.2, 0) is 6.18 Å². The molecule has 1 aliphatic rings. The zero-order chi connectivity index (χ0) is 12.6. The lowest BCUT2D eigenvalue weighted by Crippen LogP contribution is -2.25. The van der Waals surface area contributed by atoms with Crippen molar-refractivity contribution in [3.63, 3.8) is 0 Å². The molecule has 4 nitrogen and oxygen atoms in total. The van der Waals surface area contributed by atoms with Crippen LogP contribution in [-0.4, -0.2) is 40.5 Å². The van der Waals surface area contributed by atoms with Gasteiger partial charge in [0.05, 0.1) is 17.8 Å². The molecule has 2 unspecified atom stereocenters. The normalized spacial score (nSPS) is 25.4. The van der Waals surface area contributed by atoms with Gasteiger partial charge >= 0.3 is 6.18 Å². The fourth-order valence-electron chi connectivity index (χ4n) is 1.81. The number of anilines is 1. The Morgan fingerprint density at radius 2 is 1.82 bits per heavy atom. The summed E-state index contributed by atoms with van der Waals surface area (Å²) >= 11 is 0. The van der Waals surface area contributed by atoms with E-state index in [1.165, 1.54) is 17.2 Å². The van der Waals surface area contributed by atoms with Crippen LogP contribution in [0.3, 0.4) is 0 Å². The molecule has 2 N–H and O–H groups in total. The van der Waals surface area contributed by atoms with Crippen LogP contribution in [0.4, 0.5) is 19.0 Å². The van der Waals surface area contributed by atoms with E-state index in [9.17, 15) is 23.4 Å². The van der Waals surface area contributed by atoms with Crippen molar-refractivity contribution in [1.82, 2.24) is 4.98 Å². The first-order valence-electron chi connectivity index (χ1n) is 5.03. The van der Waals surface area contributed by atoms with Gasteiger partial charge in [-0.25, -0.2) is 4.98 Å². The molecule has 0 radical (unpaired) electrons. The summed E-state index contributed by atoms with van der Waals surface area (Å²) in [6.45, 7) is -0.109. The molecule has 94 valence electrons. The summed E-state index contributed by atoms with van der Waals surface area (Å²) in [6, 6.07) is 2.13. The number of hydrogen-bond donors (Lipinski definition) is 2. The number of aliphatic hydroxyl groups is 2. The second-order valence-corrected chi connectivity index (χ2v) is 3.91. The summed E-state index contributed by atoms with van der Waals surface area (Å²) in [7, 11) is 0. The second kappa shape index (κ2) is 4.15. The lowest BCUT2D eigenvalue weighted by Gasteiger charge is -2.20. The molecule has 7 heteroatoms. The lowest BCUT2D eigenvalue weighted by atomic mass is 10.2. The van der Waals surface area contributed by atoms with Gasteiger partial charge in [0.15, 0.2) is 0 Å². The van der Waals surface area contributed by atoms with Gasteiger partial charge in [0.25, 0.3) is 0 Å². The molecule has 0 saturated carbocycles. The van der Waals surface area contributed by atoms with E-state index in [-0.39, 0.29) is 18.9 Å². The molecule has 1 fully saturated rings. The fraction of sp³-hybridized carbons (Fsp3) is 0.500. The Morgan fingerprint density at radius 1 is 1.24 bits per heavy atom. The monoisotopic (exact) mass is 248 g/mol. The van der Waals surface area contributed by atoms with Gasteiger partial charge in [-0.1, -0.05) is 0 Å². The number of aromatic nitrogens is 1. The topological polar surface area (TPSA) is 56.6 Å². The summed E-state index contributed by atoms with van der Waals surface area (Å²) in [5.74, 6) is -0.254. The summed E-state index contributed by atoms with van der Waals surface area (Å²) in [5, 5.41) is 18.6. The number of nitrogens with zero attached hydrogens (tertiary/aromatic N) is 2. The van der Waals surface area contributed by atoms with Gasteiger partial charge in [0.1, 0.15) is 5.82 Å². The van der Waals surface area contributed by atoms with Crippen LogP contribution in [0.1, 0.15) is 5.56 Å². The van der Waals surface area contributed by atoms with E-state index >= 15 is 0 Å². The molecule has 1 aromatic rings. The van der Waals surface area contributed by atoms with Crippen molar-refractivity contribution >= 4 is 5.82 Å². The van der Waals surface area contributed by atoms with E-state index in [0.29, 0.717) is 0 Å². The molecule has 0 bridgehead atoms. The third-order valence-corrected chi connectivity index (χ3v) is 2.65. The van der Waals surface area contributed by atoms with Crippen molar-refractivity contribution in [2.45, 2.75) is 18.4 Å². The molecule has 2 atom stereocenters. The van der Waals surface area contributed by atoms with Gasteiger partial charge in [-0.2, -0.15) is 13.2 Å². The molecule has 0 aliphatic carbocycles. The Balaban J connectivity index is 2.33. The van der Waals surface area contributed by atoms with Crippen LogP contribution < -0.4 is 4.90 Å². The molecule has 17 heavy (non-hydrogen) atoms. The van der Waals surface area contributed by atoms with E-state index in [2.05, 4.69) is 4.98 Å².